The fraction of sp³-hybridized carbons (Fsp3) is 0.300. The largest absolute Gasteiger partial charge is 0.466 e. The van der Waals surface area contributed by atoms with Crippen LogP contribution in [0.4, 0.5) is 0 Å². The fourth-order valence-corrected chi connectivity index (χ4v) is 14.4. The monoisotopic (exact) mass is 668 g/mol. The number of hydrogen-bond donors (Lipinski definition) is 0. The van der Waals surface area contributed by atoms with Crippen molar-refractivity contribution in [3.63, 3.8) is 0 Å². The second-order valence-corrected chi connectivity index (χ2v) is 17.8. The van der Waals surface area contributed by atoms with E-state index in [9.17, 15) is 4.79 Å². The van der Waals surface area contributed by atoms with Gasteiger partial charge in [0.15, 0.2) is 0 Å². The van der Waals surface area contributed by atoms with Gasteiger partial charge in [0, 0.05) is 17.8 Å². The minimum absolute atomic E-state index is 0.00693. The lowest BCUT2D eigenvalue weighted by atomic mass is 9.59. The summed E-state index contributed by atoms with van der Waals surface area (Å²) in [5.41, 5.74) is 12.4. The third kappa shape index (κ3) is 2.55. The summed E-state index contributed by atoms with van der Waals surface area (Å²) in [4.78, 5) is 13.5. The Bertz CT molecular complexity index is 3240. The summed E-state index contributed by atoms with van der Waals surface area (Å²) in [7, 11) is 0. The molecule has 15 rings (SSSR count). The summed E-state index contributed by atoms with van der Waals surface area (Å²) >= 11 is 0. The van der Waals surface area contributed by atoms with Crippen molar-refractivity contribution in [2.45, 2.75) is 87.9 Å². The molecule has 4 unspecified atom stereocenters. The number of unbranched alkanes of at least 4 members (excludes halogenated alkanes) is 3. The lowest BCUT2D eigenvalue weighted by Crippen LogP contribution is -2.35. The molecule has 0 heterocycles. The van der Waals surface area contributed by atoms with Crippen molar-refractivity contribution in [1.82, 2.24) is 0 Å². The van der Waals surface area contributed by atoms with Crippen molar-refractivity contribution in [2.24, 2.45) is 0 Å². The zero-order chi connectivity index (χ0) is 33.5. The topological polar surface area (TPSA) is 26.3 Å². The zero-order valence-corrected chi connectivity index (χ0v) is 29.4. The van der Waals surface area contributed by atoms with E-state index in [0.29, 0.717) is 30.8 Å². The Morgan fingerprint density at radius 2 is 1.23 bits per heavy atom. The maximum atomic E-state index is 13.5. The van der Waals surface area contributed by atoms with E-state index in [1.54, 1.807) is 92.5 Å². The van der Waals surface area contributed by atoms with Crippen LogP contribution in [0.15, 0.2) is 60.7 Å². The lowest BCUT2D eigenvalue weighted by Gasteiger charge is -2.44. The highest BCUT2D eigenvalue weighted by molar-refractivity contribution is 6.58. The van der Waals surface area contributed by atoms with Gasteiger partial charge in [-0.2, -0.15) is 0 Å². The molecule has 0 aliphatic heterocycles. The van der Waals surface area contributed by atoms with Gasteiger partial charge in [0.05, 0.1) is 6.61 Å². The molecule has 5 aliphatic rings. The SMILES string of the molecule is CCCCCCOC(=O)CCC12CC(c3ccccc31)C1c3cc4c5c6c(cc7ccc8cc9c%10c%11c(cc(c%12c3c5c(c%12%11)c3c6c7c8c%103)C12)C9)C4. The second-order valence-electron chi connectivity index (χ2n) is 17.8. The molecule has 52 heavy (non-hydrogen) atoms. The quantitative estimate of drug-likeness (QED) is 0.0915. The minimum atomic E-state index is -0.0714. The van der Waals surface area contributed by atoms with E-state index in [4.69, 9.17) is 4.74 Å². The van der Waals surface area contributed by atoms with Crippen molar-refractivity contribution >= 4 is 92.1 Å². The van der Waals surface area contributed by atoms with Crippen LogP contribution >= 0.6 is 0 Å². The first-order valence-corrected chi connectivity index (χ1v) is 20.2. The Balaban J connectivity index is 1.05. The van der Waals surface area contributed by atoms with Crippen molar-refractivity contribution in [3.05, 3.63) is 105 Å². The Morgan fingerprint density at radius 1 is 0.635 bits per heavy atom. The predicted molar refractivity (Wildman–Crippen MR) is 213 cm³/mol. The number of carbonyl (C=O) groups is 1. The minimum Gasteiger partial charge on any atom is -0.466 e. The Labute approximate surface area is 300 Å². The van der Waals surface area contributed by atoms with Gasteiger partial charge in [0.2, 0.25) is 0 Å². The molecule has 1 fully saturated rings. The molecule has 0 N–H and O–H groups in total. The van der Waals surface area contributed by atoms with Gasteiger partial charge in [-0.05, 0) is 175 Å². The number of fused-ring (bicyclic) bond motifs is 10. The van der Waals surface area contributed by atoms with Crippen molar-refractivity contribution in [1.29, 1.82) is 0 Å². The van der Waals surface area contributed by atoms with E-state index in [1.165, 1.54) is 51.1 Å². The standard InChI is InChI=1S/C50H36O2/c1-2-3-4-7-14-52-33(51)12-13-50-21-31(28-8-5-6-9-32(28)50)40-29-19-26-17-24-15-22-10-11-23-16-25-18-27-20-30(49(40)50)42-41(29)45-38(26)36(24)43-34(22)35(23)44-37(25)39(27)46(42)48(45)47(43)44/h5-6,8-11,15-16,19-20,31,40,49H,2-4,7,12-14,17-18,21H2,1H3. The number of esters is 1. The highest BCUT2D eigenvalue weighted by Crippen LogP contribution is 2.75. The van der Waals surface area contributed by atoms with Gasteiger partial charge in [-0.1, -0.05) is 86.8 Å². The van der Waals surface area contributed by atoms with Crippen LogP contribution in [0.1, 0.15) is 114 Å². The van der Waals surface area contributed by atoms with Gasteiger partial charge in [-0.3, -0.25) is 4.79 Å². The van der Waals surface area contributed by atoms with E-state index in [0.717, 1.165) is 38.5 Å². The zero-order valence-electron chi connectivity index (χ0n) is 29.4. The van der Waals surface area contributed by atoms with Crippen molar-refractivity contribution in [3.8, 4) is 0 Å². The molecule has 0 aromatic heterocycles. The van der Waals surface area contributed by atoms with Crippen molar-refractivity contribution < 1.29 is 9.53 Å². The van der Waals surface area contributed by atoms with Crippen LogP contribution in [0.2, 0.25) is 0 Å². The molecule has 10 aromatic carbocycles. The Kier molecular flexibility index (Phi) is 4.28. The molecular formula is C50H36O2. The average molecular weight is 669 g/mol. The predicted octanol–water partition coefficient (Wildman–Crippen LogP) is 12.4. The molecule has 10 aromatic rings. The number of rotatable bonds is 8. The second kappa shape index (κ2) is 8.31. The van der Waals surface area contributed by atoms with Crippen LogP contribution in [0.3, 0.4) is 0 Å². The van der Waals surface area contributed by atoms with E-state index in [-0.39, 0.29) is 11.4 Å². The van der Waals surface area contributed by atoms with Gasteiger partial charge in [0.25, 0.3) is 0 Å². The average Bonchev–Trinajstić information content (AvgIpc) is 4.00. The smallest absolute Gasteiger partial charge is 0.305 e. The molecule has 248 valence electrons. The van der Waals surface area contributed by atoms with Crippen LogP contribution < -0.4 is 0 Å². The van der Waals surface area contributed by atoms with Crippen LogP contribution in [-0.2, 0) is 27.8 Å². The van der Waals surface area contributed by atoms with Crippen LogP contribution in [0, 0.1) is 0 Å². The highest BCUT2D eigenvalue weighted by Gasteiger charge is 2.63. The van der Waals surface area contributed by atoms with E-state index >= 15 is 0 Å². The van der Waals surface area contributed by atoms with Crippen LogP contribution in [0.25, 0.3) is 86.2 Å². The molecule has 0 amide bonds. The summed E-state index contributed by atoms with van der Waals surface area (Å²) in [6.45, 7) is 2.79. The summed E-state index contributed by atoms with van der Waals surface area (Å²) in [5.74, 6) is 1.26. The first-order valence-electron chi connectivity index (χ1n) is 20.2. The molecule has 1 saturated carbocycles. The van der Waals surface area contributed by atoms with Crippen LogP contribution in [-0.4, -0.2) is 12.6 Å². The molecule has 4 atom stereocenters. The van der Waals surface area contributed by atoms with Gasteiger partial charge < -0.3 is 4.74 Å². The number of ether oxygens (including phenoxy) is 1. The molecular weight excluding hydrogens is 633 g/mol. The van der Waals surface area contributed by atoms with Crippen LogP contribution in [0.5, 0.6) is 0 Å². The summed E-state index contributed by atoms with van der Waals surface area (Å²) in [5, 5.41) is 24.8. The van der Waals surface area contributed by atoms with E-state index < -0.39 is 0 Å². The molecule has 0 saturated heterocycles. The lowest BCUT2D eigenvalue weighted by molar-refractivity contribution is -0.144. The van der Waals surface area contributed by atoms with Gasteiger partial charge in [0.1, 0.15) is 0 Å². The van der Waals surface area contributed by atoms with E-state index in [1.807, 2.05) is 0 Å². The maximum Gasteiger partial charge on any atom is 0.305 e. The van der Waals surface area contributed by atoms with Crippen molar-refractivity contribution in [2.75, 3.05) is 6.61 Å². The third-order valence-electron chi connectivity index (χ3n) is 15.8. The molecule has 0 radical (unpaired) electrons. The number of benzene rings is 8. The number of hydrogen-bond acceptors (Lipinski definition) is 2. The van der Waals surface area contributed by atoms with Gasteiger partial charge in [-0.25, -0.2) is 0 Å². The van der Waals surface area contributed by atoms with Gasteiger partial charge in [-0.15, -0.1) is 0 Å². The fourth-order valence-electron chi connectivity index (χ4n) is 14.4. The molecule has 5 aliphatic carbocycles. The highest BCUT2D eigenvalue weighted by atomic mass is 16.5. The summed E-state index contributed by atoms with van der Waals surface area (Å²) in [6, 6.07) is 24.7. The normalized spacial score (nSPS) is 23.4. The summed E-state index contributed by atoms with van der Waals surface area (Å²) in [6.07, 6.45) is 9.08. The number of carbonyl (C=O) groups excluding carboxylic acids is 1. The Morgan fingerprint density at radius 3 is 1.92 bits per heavy atom. The molecule has 2 nitrogen and oxygen atoms in total. The van der Waals surface area contributed by atoms with Gasteiger partial charge >= 0.3 is 5.97 Å². The van der Waals surface area contributed by atoms with E-state index in [2.05, 4.69) is 67.6 Å². The summed E-state index contributed by atoms with van der Waals surface area (Å²) < 4.78 is 5.91. The first kappa shape index (κ1) is 26.8. The molecule has 0 spiro atoms. The Hall–Kier alpha value is -4.95. The third-order valence-corrected chi connectivity index (χ3v) is 15.8. The molecule has 2 heteroatoms. The maximum absolute atomic E-state index is 13.5. The molecule has 2 bridgehead atoms. The first-order chi connectivity index (χ1) is 25.7.